The molecule has 0 saturated carbocycles. The van der Waals surface area contributed by atoms with Gasteiger partial charge in [-0.15, -0.1) is 0 Å². The van der Waals surface area contributed by atoms with Gasteiger partial charge in [0.15, 0.2) is 11.5 Å². The molecule has 0 heterocycles. The molecule has 26 heavy (non-hydrogen) atoms. The zero-order valence-corrected chi connectivity index (χ0v) is 16.3. The minimum atomic E-state index is -0.0923. The van der Waals surface area contributed by atoms with E-state index in [4.69, 9.17) is 21.1 Å². The molecule has 0 aromatic heterocycles. The van der Waals surface area contributed by atoms with Gasteiger partial charge in [0.25, 0.3) is 0 Å². The van der Waals surface area contributed by atoms with Gasteiger partial charge in [-0.2, -0.15) is 0 Å². The number of nitrogens with zero attached hydrogens (tertiary/aromatic N) is 1. The second-order valence-corrected chi connectivity index (χ2v) is 6.24. The summed E-state index contributed by atoms with van der Waals surface area (Å²) in [5, 5.41) is 0.448. The maximum absolute atomic E-state index is 12.5. The lowest BCUT2D eigenvalue weighted by atomic mass is 10.1. The minimum absolute atomic E-state index is 0.0215. The number of carbonyl (C=O) groups is 1. The molecule has 2 aromatic rings. The van der Waals surface area contributed by atoms with Crippen molar-refractivity contribution in [2.45, 2.75) is 19.9 Å². The Labute approximate surface area is 160 Å². The normalized spacial score (nSPS) is 12.0. The summed E-state index contributed by atoms with van der Waals surface area (Å²) >= 11 is 6.27. The molecule has 0 radical (unpaired) electrons. The second-order valence-electron chi connectivity index (χ2n) is 5.84. The molecule has 2 rings (SSSR count). The van der Waals surface area contributed by atoms with E-state index in [9.17, 15) is 4.79 Å². The van der Waals surface area contributed by atoms with Crippen LogP contribution in [-0.2, 0) is 4.79 Å². The standard InChI is InChI=1S/C21H24ClNO3/c1-5-26-21-18(22)13-16(14-19(21)25-4)11-12-20(24)23(3)15(2)17-9-7-6-8-10-17/h6-15H,5H2,1-4H3. The first-order valence-electron chi connectivity index (χ1n) is 8.48. The summed E-state index contributed by atoms with van der Waals surface area (Å²) in [6.07, 6.45) is 3.26. The molecule has 0 bridgehead atoms. The molecule has 0 spiro atoms. The maximum atomic E-state index is 12.5. The number of likely N-dealkylation sites (N-methyl/N-ethyl adjacent to an activating group) is 1. The van der Waals surface area contributed by atoms with Gasteiger partial charge in [-0.25, -0.2) is 0 Å². The van der Waals surface area contributed by atoms with Crippen LogP contribution in [0.2, 0.25) is 5.02 Å². The van der Waals surface area contributed by atoms with E-state index in [0.717, 1.165) is 11.1 Å². The first-order chi connectivity index (χ1) is 12.5. The summed E-state index contributed by atoms with van der Waals surface area (Å²) in [5.41, 5.74) is 1.85. The first-order valence-corrected chi connectivity index (χ1v) is 8.85. The van der Waals surface area contributed by atoms with Crippen molar-refractivity contribution < 1.29 is 14.3 Å². The van der Waals surface area contributed by atoms with Gasteiger partial charge in [0.2, 0.25) is 5.91 Å². The largest absolute Gasteiger partial charge is 0.493 e. The van der Waals surface area contributed by atoms with Gasteiger partial charge in [-0.3, -0.25) is 4.79 Å². The molecule has 1 unspecified atom stereocenters. The predicted octanol–water partition coefficient (Wildman–Crippen LogP) is 4.98. The fraction of sp³-hybridized carbons (Fsp3) is 0.286. The van der Waals surface area contributed by atoms with Gasteiger partial charge < -0.3 is 14.4 Å². The van der Waals surface area contributed by atoms with Crippen molar-refractivity contribution in [3.05, 3.63) is 64.7 Å². The van der Waals surface area contributed by atoms with Crippen molar-refractivity contribution in [3.63, 3.8) is 0 Å². The summed E-state index contributed by atoms with van der Waals surface area (Å²) in [4.78, 5) is 14.2. The molecule has 0 N–H and O–H groups in total. The van der Waals surface area contributed by atoms with Crippen LogP contribution < -0.4 is 9.47 Å². The Hall–Kier alpha value is -2.46. The van der Waals surface area contributed by atoms with Crippen molar-refractivity contribution in [2.75, 3.05) is 20.8 Å². The molecule has 1 amide bonds. The molecule has 4 nitrogen and oxygen atoms in total. The van der Waals surface area contributed by atoms with Crippen molar-refractivity contribution >= 4 is 23.6 Å². The van der Waals surface area contributed by atoms with Crippen molar-refractivity contribution in [1.29, 1.82) is 0 Å². The molecule has 0 saturated heterocycles. The smallest absolute Gasteiger partial charge is 0.246 e. The molecule has 0 aliphatic carbocycles. The zero-order valence-electron chi connectivity index (χ0n) is 15.5. The van der Waals surface area contributed by atoms with Gasteiger partial charge in [-0.05, 0) is 43.2 Å². The van der Waals surface area contributed by atoms with Crippen molar-refractivity contribution in [1.82, 2.24) is 4.90 Å². The molecule has 5 heteroatoms. The van der Waals surface area contributed by atoms with E-state index < -0.39 is 0 Å². The Morgan fingerprint density at radius 1 is 1.27 bits per heavy atom. The Morgan fingerprint density at radius 2 is 1.96 bits per heavy atom. The van der Waals surface area contributed by atoms with Crippen LogP contribution >= 0.6 is 11.6 Å². The van der Waals surface area contributed by atoms with E-state index in [-0.39, 0.29) is 11.9 Å². The lowest BCUT2D eigenvalue weighted by Crippen LogP contribution is -2.27. The number of hydrogen-bond acceptors (Lipinski definition) is 3. The summed E-state index contributed by atoms with van der Waals surface area (Å²) < 4.78 is 10.8. The molecule has 0 aliphatic heterocycles. The third kappa shape index (κ3) is 4.79. The average Bonchev–Trinajstić information content (AvgIpc) is 2.67. The highest BCUT2D eigenvalue weighted by Gasteiger charge is 2.15. The molecule has 2 aromatic carbocycles. The van der Waals surface area contributed by atoms with E-state index in [0.29, 0.717) is 23.1 Å². The number of ether oxygens (including phenoxy) is 2. The number of methoxy groups -OCH3 is 1. The van der Waals surface area contributed by atoms with Crippen LogP contribution in [-0.4, -0.2) is 31.6 Å². The molecular weight excluding hydrogens is 350 g/mol. The summed E-state index contributed by atoms with van der Waals surface area (Å²) in [7, 11) is 3.35. The Kier molecular flexibility index (Phi) is 7.10. The SMILES string of the molecule is CCOc1c(Cl)cc(C=CC(=O)N(C)C(C)c2ccccc2)cc1OC. The highest BCUT2D eigenvalue weighted by atomic mass is 35.5. The summed E-state index contributed by atoms with van der Waals surface area (Å²) in [5.74, 6) is 0.956. The predicted molar refractivity (Wildman–Crippen MR) is 106 cm³/mol. The molecule has 138 valence electrons. The highest BCUT2D eigenvalue weighted by molar-refractivity contribution is 6.32. The zero-order chi connectivity index (χ0) is 19.1. The number of benzene rings is 2. The highest BCUT2D eigenvalue weighted by Crippen LogP contribution is 2.36. The van der Waals surface area contributed by atoms with Crippen molar-refractivity contribution in [2.24, 2.45) is 0 Å². The van der Waals surface area contributed by atoms with E-state index in [1.165, 1.54) is 6.08 Å². The van der Waals surface area contributed by atoms with Crippen LogP contribution in [0, 0.1) is 0 Å². The van der Waals surface area contributed by atoms with Crippen LogP contribution in [0.3, 0.4) is 0 Å². The number of halogens is 1. The quantitative estimate of drug-likeness (QED) is 0.642. The van der Waals surface area contributed by atoms with Gasteiger partial charge >= 0.3 is 0 Å². The van der Waals surface area contributed by atoms with E-state index in [1.807, 2.05) is 44.2 Å². The third-order valence-corrected chi connectivity index (χ3v) is 4.45. The van der Waals surface area contributed by atoms with Crippen molar-refractivity contribution in [3.8, 4) is 11.5 Å². The van der Waals surface area contributed by atoms with Gasteiger partial charge in [0.1, 0.15) is 0 Å². The minimum Gasteiger partial charge on any atom is -0.493 e. The van der Waals surface area contributed by atoms with Crippen LogP contribution in [0.5, 0.6) is 11.5 Å². The number of carbonyl (C=O) groups excluding carboxylic acids is 1. The van der Waals surface area contributed by atoms with E-state index in [2.05, 4.69) is 0 Å². The number of hydrogen-bond donors (Lipinski definition) is 0. The molecule has 1 atom stereocenters. The van der Waals surface area contributed by atoms with Crippen LogP contribution in [0.15, 0.2) is 48.5 Å². The second kappa shape index (κ2) is 9.30. The monoisotopic (exact) mass is 373 g/mol. The average molecular weight is 374 g/mol. The van der Waals surface area contributed by atoms with Crippen LogP contribution in [0.25, 0.3) is 6.08 Å². The van der Waals surface area contributed by atoms with Gasteiger partial charge in [0.05, 0.1) is 24.8 Å². The fourth-order valence-corrected chi connectivity index (χ4v) is 2.83. The third-order valence-electron chi connectivity index (χ3n) is 4.17. The van der Waals surface area contributed by atoms with Gasteiger partial charge in [-0.1, -0.05) is 41.9 Å². The Bertz CT molecular complexity index is 774. The number of amides is 1. The fourth-order valence-electron chi connectivity index (χ4n) is 2.55. The summed E-state index contributed by atoms with van der Waals surface area (Å²) in [6, 6.07) is 13.4. The Morgan fingerprint density at radius 3 is 2.58 bits per heavy atom. The molecule has 0 aliphatic rings. The van der Waals surface area contributed by atoms with E-state index in [1.54, 1.807) is 37.3 Å². The van der Waals surface area contributed by atoms with E-state index >= 15 is 0 Å². The molecule has 0 fully saturated rings. The first kappa shape index (κ1) is 19.9. The molecular formula is C21H24ClNO3. The summed E-state index contributed by atoms with van der Waals surface area (Å²) in [6.45, 7) is 4.37. The number of rotatable bonds is 7. The Balaban J connectivity index is 2.15. The topological polar surface area (TPSA) is 38.8 Å². The van der Waals surface area contributed by atoms with Crippen LogP contribution in [0.4, 0.5) is 0 Å². The maximum Gasteiger partial charge on any atom is 0.246 e. The lowest BCUT2D eigenvalue weighted by Gasteiger charge is -2.24. The van der Waals surface area contributed by atoms with Crippen LogP contribution in [0.1, 0.15) is 31.0 Å². The van der Waals surface area contributed by atoms with Gasteiger partial charge in [0, 0.05) is 13.1 Å². The lowest BCUT2D eigenvalue weighted by molar-refractivity contribution is -0.126.